The summed E-state index contributed by atoms with van der Waals surface area (Å²) in [6, 6.07) is 7.59. The number of amides is 1. The number of anilines is 1. The van der Waals surface area contributed by atoms with Crippen LogP contribution in [0.5, 0.6) is 0 Å². The Kier molecular flexibility index (Phi) is 6.97. The Morgan fingerprint density at radius 1 is 1.47 bits per heavy atom. The van der Waals surface area contributed by atoms with E-state index in [1.54, 1.807) is 26.8 Å². The van der Waals surface area contributed by atoms with Gasteiger partial charge in [-0.15, -0.1) is 11.3 Å². The average Bonchev–Trinajstić information content (AvgIpc) is 3.37. The first-order valence-electron chi connectivity index (χ1n) is 9.13. The van der Waals surface area contributed by atoms with Crippen molar-refractivity contribution >= 4 is 40.9 Å². The quantitative estimate of drug-likeness (QED) is 0.621. The molecule has 1 aliphatic heterocycles. The third-order valence-electron chi connectivity index (χ3n) is 4.21. The number of rotatable bonds is 7. The minimum atomic E-state index is -0.544. The maximum absolute atomic E-state index is 12.6. The highest BCUT2D eigenvalue weighted by Gasteiger charge is 2.36. The van der Waals surface area contributed by atoms with Crippen LogP contribution in [0.2, 0.25) is 0 Å². The summed E-state index contributed by atoms with van der Waals surface area (Å²) in [6.07, 6.45) is 0. The molecular formula is C20H20N4O4S2. The molecule has 0 radical (unpaired) electrons. The van der Waals surface area contributed by atoms with E-state index in [9.17, 15) is 14.9 Å². The van der Waals surface area contributed by atoms with Gasteiger partial charge in [0.2, 0.25) is 11.8 Å². The maximum Gasteiger partial charge on any atom is 0.336 e. The van der Waals surface area contributed by atoms with Gasteiger partial charge in [0.1, 0.15) is 0 Å². The van der Waals surface area contributed by atoms with Gasteiger partial charge in [-0.2, -0.15) is 5.26 Å². The Hall–Kier alpha value is -3.03. The lowest BCUT2D eigenvalue weighted by Crippen LogP contribution is -2.29. The minimum Gasteiger partial charge on any atom is -0.463 e. The lowest BCUT2D eigenvalue weighted by molar-refractivity contribution is -0.138. The normalized spacial score (nSPS) is 16.1. The lowest BCUT2D eigenvalue weighted by Gasteiger charge is -2.28. The summed E-state index contributed by atoms with van der Waals surface area (Å²) in [7, 11) is 0. The lowest BCUT2D eigenvalue weighted by atomic mass is 9.87. The van der Waals surface area contributed by atoms with Crippen LogP contribution in [-0.4, -0.2) is 29.4 Å². The first-order chi connectivity index (χ1) is 14.4. The number of hydrogen-bond acceptors (Lipinski definition) is 9. The van der Waals surface area contributed by atoms with Gasteiger partial charge in [-0.25, -0.2) is 4.79 Å². The van der Waals surface area contributed by atoms with Crippen molar-refractivity contribution in [1.82, 2.24) is 10.5 Å². The zero-order chi connectivity index (χ0) is 21.7. The zero-order valence-corrected chi connectivity index (χ0v) is 18.3. The molecule has 156 valence electrons. The van der Waals surface area contributed by atoms with E-state index >= 15 is 0 Å². The minimum absolute atomic E-state index is 0.0481. The van der Waals surface area contributed by atoms with Crippen molar-refractivity contribution in [3.05, 3.63) is 56.0 Å². The summed E-state index contributed by atoms with van der Waals surface area (Å²) < 4.78 is 10.2. The summed E-state index contributed by atoms with van der Waals surface area (Å²) in [6.45, 7) is 5.49. The highest BCUT2D eigenvalue weighted by atomic mass is 32.2. The van der Waals surface area contributed by atoms with Crippen LogP contribution in [0, 0.1) is 18.3 Å². The number of carbonyl (C=O) groups excluding carboxylic acids is 2. The molecule has 10 heteroatoms. The molecule has 0 unspecified atom stereocenters. The Balaban J connectivity index is 1.84. The predicted octanol–water partition coefficient (Wildman–Crippen LogP) is 3.68. The molecule has 0 fully saturated rings. The van der Waals surface area contributed by atoms with E-state index in [-0.39, 0.29) is 24.2 Å². The molecular weight excluding hydrogens is 424 g/mol. The Morgan fingerprint density at radius 2 is 2.27 bits per heavy atom. The van der Waals surface area contributed by atoms with Crippen molar-refractivity contribution in [2.75, 3.05) is 17.7 Å². The summed E-state index contributed by atoms with van der Waals surface area (Å²) in [5.41, 5.74) is 2.04. The Bertz CT molecular complexity index is 1050. The third-order valence-corrected chi connectivity index (χ3v) is 6.16. The molecule has 3 rings (SSSR count). The fourth-order valence-electron chi connectivity index (χ4n) is 2.98. The van der Waals surface area contributed by atoms with Crippen molar-refractivity contribution in [2.45, 2.75) is 26.7 Å². The number of nitrogens with zero attached hydrogens (tertiary/aromatic N) is 2. The summed E-state index contributed by atoms with van der Waals surface area (Å²) >= 11 is 2.64. The second kappa shape index (κ2) is 9.65. The van der Waals surface area contributed by atoms with Crippen molar-refractivity contribution < 1.29 is 18.8 Å². The number of nitrogens with one attached hydrogen (secondary N) is 2. The fourth-order valence-corrected chi connectivity index (χ4v) is 4.71. The molecule has 0 aromatic carbocycles. The van der Waals surface area contributed by atoms with Crippen LogP contribution in [0.25, 0.3) is 0 Å². The second-order valence-electron chi connectivity index (χ2n) is 6.36. The smallest absolute Gasteiger partial charge is 0.336 e. The molecule has 1 amide bonds. The number of aryl methyl sites for hydroxylation is 1. The molecule has 30 heavy (non-hydrogen) atoms. The molecule has 0 saturated heterocycles. The van der Waals surface area contributed by atoms with E-state index in [0.717, 1.165) is 4.88 Å². The van der Waals surface area contributed by atoms with E-state index in [1.165, 1.54) is 23.1 Å². The molecule has 0 bridgehead atoms. The van der Waals surface area contributed by atoms with Gasteiger partial charge in [0, 0.05) is 16.6 Å². The van der Waals surface area contributed by atoms with Gasteiger partial charge in [0.25, 0.3) is 0 Å². The second-order valence-corrected chi connectivity index (χ2v) is 8.32. The van der Waals surface area contributed by atoms with Crippen LogP contribution in [0.3, 0.4) is 0 Å². The molecule has 2 aromatic rings. The number of allylic oxidation sites excluding steroid dienone is 2. The van der Waals surface area contributed by atoms with Gasteiger partial charge in [-0.1, -0.05) is 23.0 Å². The van der Waals surface area contributed by atoms with Crippen LogP contribution in [0.15, 0.2) is 50.0 Å². The summed E-state index contributed by atoms with van der Waals surface area (Å²) in [5, 5.41) is 21.8. The topological polar surface area (TPSA) is 117 Å². The number of aromatic nitrogens is 1. The Morgan fingerprint density at radius 3 is 2.87 bits per heavy atom. The van der Waals surface area contributed by atoms with Gasteiger partial charge < -0.3 is 14.6 Å². The number of hydrogen-bond donors (Lipinski definition) is 2. The molecule has 8 nitrogen and oxygen atoms in total. The largest absolute Gasteiger partial charge is 0.463 e. The van der Waals surface area contributed by atoms with Crippen LogP contribution in [0.4, 0.5) is 5.88 Å². The third kappa shape index (κ3) is 4.75. The van der Waals surface area contributed by atoms with Crippen molar-refractivity contribution in [3.63, 3.8) is 0 Å². The van der Waals surface area contributed by atoms with Crippen LogP contribution in [-0.2, 0) is 14.3 Å². The van der Waals surface area contributed by atoms with Crippen molar-refractivity contribution in [1.29, 1.82) is 5.26 Å². The molecule has 3 heterocycles. The number of ether oxygens (including phenoxy) is 1. The van der Waals surface area contributed by atoms with Gasteiger partial charge in [0.05, 0.1) is 46.2 Å². The molecule has 2 N–H and O–H groups in total. The van der Waals surface area contributed by atoms with E-state index in [0.29, 0.717) is 27.6 Å². The van der Waals surface area contributed by atoms with Crippen LogP contribution >= 0.6 is 23.1 Å². The van der Waals surface area contributed by atoms with Gasteiger partial charge in [-0.05, 0) is 32.2 Å². The van der Waals surface area contributed by atoms with Gasteiger partial charge in [0.15, 0.2) is 0 Å². The molecule has 1 aliphatic rings. The average molecular weight is 445 g/mol. The van der Waals surface area contributed by atoms with Gasteiger partial charge in [-0.3, -0.25) is 10.1 Å². The standard InChI is InChI=1S/C20H20N4O4S2/c1-4-27-20(26)17-12(3)22-19(13(9-21)18(17)14-6-5-7-29-14)30-10-15(25)23-16-8-11(2)24-28-16/h5-8,18,22H,4,10H2,1-3H3,(H,23,25)/t18-/m0/s1. The number of thiophene rings is 1. The predicted molar refractivity (Wildman–Crippen MR) is 114 cm³/mol. The van der Waals surface area contributed by atoms with Gasteiger partial charge >= 0.3 is 5.97 Å². The molecule has 2 aromatic heterocycles. The van der Waals surface area contributed by atoms with E-state index in [4.69, 9.17) is 9.26 Å². The van der Waals surface area contributed by atoms with E-state index < -0.39 is 11.9 Å². The highest BCUT2D eigenvalue weighted by Crippen LogP contribution is 2.42. The highest BCUT2D eigenvalue weighted by molar-refractivity contribution is 8.03. The summed E-state index contributed by atoms with van der Waals surface area (Å²) in [4.78, 5) is 25.7. The first kappa shape index (κ1) is 21.7. The molecule has 0 saturated carbocycles. The fraction of sp³-hybridized carbons (Fsp3) is 0.300. The zero-order valence-electron chi connectivity index (χ0n) is 16.6. The monoisotopic (exact) mass is 444 g/mol. The number of dihydropyridines is 1. The number of carbonyl (C=O) groups is 2. The van der Waals surface area contributed by atoms with E-state index in [2.05, 4.69) is 21.9 Å². The van der Waals surface area contributed by atoms with Crippen LogP contribution < -0.4 is 10.6 Å². The van der Waals surface area contributed by atoms with E-state index in [1.807, 2.05) is 17.5 Å². The Labute approximate surface area is 182 Å². The van der Waals surface area contributed by atoms with Crippen LogP contribution in [0.1, 0.15) is 30.3 Å². The number of esters is 1. The van der Waals surface area contributed by atoms with Crippen molar-refractivity contribution in [2.24, 2.45) is 0 Å². The maximum atomic E-state index is 12.6. The molecule has 1 atom stereocenters. The first-order valence-corrected chi connectivity index (χ1v) is 11.0. The summed E-state index contributed by atoms with van der Waals surface area (Å²) in [5.74, 6) is -0.990. The molecule has 0 aliphatic carbocycles. The SMILES string of the molecule is CCOC(=O)C1=C(C)NC(SCC(=O)Nc2cc(C)no2)=C(C#N)[C@H]1c1cccs1. The van der Waals surface area contributed by atoms with Crippen molar-refractivity contribution in [3.8, 4) is 6.07 Å². The number of nitriles is 1. The molecule has 0 spiro atoms. The number of thioether (sulfide) groups is 1.